The number of hydrogen-bond acceptors (Lipinski definition) is 5. The van der Waals surface area contributed by atoms with Crippen LogP contribution >= 0.6 is 11.3 Å². The molecule has 2 amide bonds. The first-order valence-corrected chi connectivity index (χ1v) is 7.55. The summed E-state index contributed by atoms with van der Waals surface area (Å²) < 4.78 is 13.3. The maximum Gasteiger partial charge on any atom is 0.248 e. The third kappa shape index (κ3) is 2.96. The zero-order valence-electron chi connectivity index (χ0n) is 11.7. The molecule has 0 unspecified atom stereocenters. The third-order valence-corrected chi connectivity index (χ3v) is 4.27. The molecule has 1 saturated heterocycles. The smallest absolute Gasteiger partial charge is 0.248 e. The van der Waals surface area contributed by atoms with E-state index in [1.54, 1.807) is 6.07 Å². The minimum Gasteiger partial charge on any atom is -0.344 e. The van der Waals surface area contributed by atoms with Crippen LogP contribution in [0.4, 0.5) is 9.52 Å². The van der Waals surface area contributed by atoms with Gasteiger partial charge in [0.1, 0.15) is 16.9 Å². The number of benzene rings is 1. The van der Waals surface area contributed by atoms with Crippen molar-refractivity contribution in [1.82, 2.24) is 15.5 Å². The molecule has 1 atom stereocenters. The van der Waals surface area contributed by atoms with Crippen LogP contribution in [-0.2, 0) is 9.59 Å². The average molecular weight is 320 g/mol. The lowest BCUT2D eigenvalue weighted by molar-refractivity contribution is -0.122. The number of halogens is 1. The Bertz CT molecular complexity index is 746. The molecule has 0 aliphatic carbocycles. The van der Waals surface area contributed by atoms with Gasteiger partial charge in [-0.25, -0.2) is 4.39 Å². The summed E-state index contributed by atoms with van der Waals surface area (Å²) in [5, 5.41) is 13.9. The molecule has 0 bridgehead atoms. The monoisotopic (exact) mass is 320 g/mol. The van der Waals surface area contributed by atoms with Gasteiger partial charge in [-0.05, 0) is 31.0 Å². The van der Waals surface area contributed by atoms with Crippen molar-refractivity contribution in [3.63, 3.8) is 0 Å². The largest absolute Gasteiger partial charge is 0.344 e. The van der Waals surface area contributed by atoms with E-state index < -0.39 is 6.04 Å². The van der Waals surface area contributed by atoms with E-state index in [-0.39, 0.29) is 17.6 Å². The Morgan fingerprint density at radius 2 is 2.27 bits per heavy atom. The summed E-state index contributed by atoms with van der Waals surface area (Å²) in [5.74, 6) is -0.798. The number of nitrogens with one attached hydrogen (secondary N) is 2. The van der Waals surface area contributed by atoms with Crippen LogP contribution in [0.15, 0.2) is 18.2 Å². The van der Waals surface area contributed by atoms with E-state index in [2.05, 4.69) is 20.8 Å². The number of carbonyl (C=O) groups is 2. The fraction of sp³-hybridized carbons (Fsp3) is 0.286. The van der Waals surface area contributed by atoms with Crippen LogP contribution in [-0.4, -0.2) is 28.1 Å². The molecule has 1 aliphatic heterocycles. The van der Waals surface area contributed by atoms with Gasteiger partial charge in [-0.2, -0.15) is 0 Å². The molecule has 0 saturated carbocycles. The lowest BCUT2D eigenvalue weighted by Gasteiger charge is -2.07. The lowest BCUT2D eigenvalue weighted by atomic mass is 10.1. The molecule has 2 heterocycles. The van der Waals surface area contributed by atoms with Crippen molar-refractivity contribution in [2.75, 3.05) is 5.32 Å². The second kappa shape index (κ2) is 5.80. The highest BCUT2D eigenvalue weighted by Gasteiger charge is 2.27. The van der Waals surface area contributed by atoms with Crippen LogP contribution in [0.3, 0.4) is 0 Å². The van der Waals surface area contributed by atoms with Crippen molar-refractivity contribution in [1.29, 1.82) is 0 Å². The Kier molecular flexibility index (Phi) is 3.84. The number of aryl methyl sites for hydroxylation is 1. The summed E-state index contributed by atoms with van der Waals surface area (Å²) in [7, 11) is 0. The van der Waals surface area contributed by atoms with E-state index in [0.29, 0.717) is 28.5 Å². The number of aromatic nitrogens is 2. The van der Waals surface area contributed by atoms with Gasteiger partial charge in [0.25, 0.3) is 0 Å². The van der Waals surface area contributed by atoms with Gasteiger partial charge in [0.05, 0.1) is 0 Å². The highest BCUT2D eigenvalue weighted by atomic mass is 32.1. The average Bonchev–Trinajstić information content (AvgIpc) is 3.11. The Morgan fingerprint density at radius 1 is 1.45 bits per heavy atom. The van der Waals surface area contributed by atoms with Gasteiger partial charge in [0, 0.05) is 12.0 Å². The Morgan fingerprint density at radius 3 is 3.00 bits per heavy atom. The summed E-state index contributed by atoms with van der Waals surface area (Å²) in [6, 6.07) is 3.90. The zero-order valence-corrected chi connectivity index (χ0v) is 12.5. The third-order valence-electron chi connectivity index (χ3n) is 3.40. The standard InChI is InChI=1S/C14H13FN4O2S/c1-7-2-3-8(15)6-9(7)13-18-19-14(22-13)17-12(21)10-4-5-11(20)16-10/h2-3,6,10H,4-5H2,1H3,(H,16,20)(H,17,19,21)/t10-/m1/s1. The maximum absolute atomic E-state index is 13.3. The van der Waals surface area contributed by atoms with Crippen molar-refractivity contribution in [3.05, 3.63) is 29.6 Å². The number of rotatable bonds is 3. The van der Waals surface area contributed by atoms with E-state index in [0.717, 1.165) is 16.9 Å². The number of hydrogen-bond donors (Lipinski definition) is 2. The molecule has 2 N–H and O–H groups in total. The van der Waals surface area contributed by atoms with E-state index in [1.165, 1.54) is 12.1 Å². The van der Waals surface area contributed by atoms with Crippen LogP contribution in [0.1, 0.15) is 18.4 Å². The van der Waals surface area contributed by atoms with Gasteiger partial charge in [-0.1, -0.05) is 17.4 Å². The van der Waals surface area contributed by atoms with E-state index in [4.69, 9.17) is 0 Å². The summed E-state index contributed by atoms with van der Waals surface area (Å²) in [5.41, 5.74) is 1.52. The molecule has 0 spiro atoms. The topological polar surface area (TPSA) is 84.0 Å². The second-order valence-electron chi connectivity index (χ2n) is 5.02. The lowest BCUT2D eigenvalue weighted by Crippen LogP contribution is -2.37. The number of nitrogens with zero attached hydrogens (tertiary/aromatic N) is 2. The highest BCUT2D eigenvalue weighted by Crippen LogP contribution is 2.29. The first-order chi connectivity index (χ1) is 10.5. The predicted molar refractivity (Wildman–Crippen MR) is 79.8 cm³/mol. The molecule has 0 radical (unpaired) electrons. The first kappa shape index (κ1) is 14.6. The first-order valence-electron chi connectivity index (χ1n) is 6.73. The SMILES string of the molecule is Cc1ccc(F)cc1-c1nnc(NC(=O)[C@H]2CCC(=O)N2)s1. The molecule has 1 aliphatic rings. The van der Waals surface area contributed by atoms with Crippen molar-refractivity contribution < 1.29 is 14.0 Å². The molecule has 1 fully saturated rings. The van der Waals surface area contributed by atoms with Crippen LogP contribution in [0.5, 0.6) is 0 Å². The molecule has 22 heavy (non-hydrogen) atoms. The van der Waals surface area contributed by atoms with Crippen LogP contribution in [0.25, 0.3) is 10.6 Å². The summed E-state index contributed by atoms with van der Waals surface area (Å²) in [6.45, 7) is 1.85. The molecule has 114 valence electrons. The minimum absolute atomic E-state index is 0.131. The summed E-state index contributed by atoms with van der Waals surface area (Å²) in [4.78, 5) is 23.1. The van der Waals surface area contributed by atoms with Gasteiger partial charge in [0.15, 0.2) is 0 Å². The van der Waals surface area contributed by atoms with Crippen molar-refractivity contribution in [2.24, 2.45) is 0 Å². The van der Waals surface area contributed by atoms with E-state index in [1.807, 2.05) is 6.92 Å². The van der Waals surface area contributed by atoms with Gasteiger partial charge < -0.3 is 5.32 Å². The fourth-order valence-electron chi connectivity index (χ4n) is 2.21. The Labute approximate surface area is 129 Å². The molecule has 3 rings (SSSR count). The molecule has 2 aromatic rings. The number of amides is 2. The van der Waals surface area contributed by atoms with Crippen LogP contribution in [0, 0.1) is 12.7 Å². The molecule has 8 heteroatoms. The highest BCUT2D eigenvalue weighted by molar-refractivity contribution is 7.18. The zero-order chi connectivity index (χ0) is 15.7. The van der Waals surface area contributed by atoms with Crippen LogP contribution in [0.2, 0.25) is 0 Å². The van der Waals surface area contributed by atoms with Crippen molar-refractivity contribution >= 4 is 28.3 Å². The van der Waals surface area contributed by atoms with E-state index in [9.17, 15) is 14.0 Å². The number of anilines is 1. The van der Waals surface area contributed by atoms with E-state index >= 15 is 0 Å². The summed E-state index contributed by atoms with van der Waals surface area (Å²) >= 11 is 1.16. The van der Waals surface area contributed by atoms with Gasteiger partial charge in [-0.15, -0.1) is 10.2 Å². The van der Waals surface area contributed by atoms with Gasteiger partial charge >= 0.3 is 0 Å². The van der Waals surface area contributed by atoms with Gasteiger partial charge in [0.2, 0.25) is 16.9 Å². The molecule has 1 aromatic heterocycles. The molecule has 6 nitrogen and oxygen atoms in total. The second-order valence-corrected chi connectivity index (χ2v) is 6.00. The minimum atomic E-state index is -0.532. The molecular weight excluding hydrogens is 307 g/mol. The predicted octanol–water partition coefficient (Wildman–Crippen LogP) is 1.87. The normalized spacial score (nSPS) is 17.4. The fourth-order valence-corrected chi connectivity index (χ4v) is 3.04. The van der Waals surface area contributed by atoms with Crippen molar-refractivity contribution in [2.45, 2.75) is 25.8 Å². The molecular formula is C14H13FN4O2S. The maximum atomic E-state index is 13.3. The summed E-state index contributed by atoms with van der Waals surface area (Å²) in [6.07, 6.45) is 0.821. The number of carbonyl (C=O) groups excluding carboxylic acids is 2. The molecule has 1 aromatic carbocycles. The quantitative estimate of drug-likeness (QED) is 0.904. The Hall–Kier alpha value is -2.35. The Balaban J connectivity index is 1.75. The van der Waals surface area contributed by atoms with Gasteiger partial charge in [-0.3, -0.25) is 14.9 Å². The van der Waals surface area contributed by atoms with Crippen LogP contribution < -0.4 is 10.6 Å². The van der Waals surface area contributed by atoms with Crippen molar-refractivity contribution in [3.8, 4) is 10.6 Å².